The minimum atomic E-state index is 0.104. The van der Waals surface area contributed by atoms with Crippen molar-refractivity contribution in [3.63, 3.8) is 0 Å². The van der Waals surface area contributed by atoms with E-state index in [0.717, 1.165) is 48.8 Å². The lowest BCUT2D eigenvalue weighted by molar-refractivity contribution is -0.133. The molecule has 1 aliphatic rings. The second-order valence-corrected chi connectivity index (χ2v) is 7.59. The molecule has 0 N–H and O–H groups in total. The van der Waals surface area contributed by atoms with Crippen molar-refractivity contribution >= 4 is 5.91 Å². The lowest BCUT2D eigenvalue weighted by Gasteiger charge is -2.31. The van der Waals surface area contributed by atoms with E-state index in [2.05, 4.69) is 22.2 Å². The number of aryl methyl sites for hydroxylation is 2. The monoisotopic (exact) mass is 378 g/mol. The fraction of sp³-hybridized carbons (Fsp3) is 0.409. The highest BCUT2D eigenvalue weighted by Gasteiger charge is 2.28. The Kier molecular flexibility index (Phi) is 5.28. The molecule has 1 saturated heterocycles. The van der Waals surface area contributed by atoms with Gasteiger partial charge in [-0.15, -0.1) is 0 Å². The molecular formula is C22H26N4O2. The molecule has 2 aromatic heterocycles. The summed E-state index contributed by atoms with van der Waals surface area (Å²) in [5.41, 5.74) is 3.15. The van der Waals surface area contributed by atoms with Crippen LogP contribution in [0, 0.1) is 13.8 Å². The number of carbonyl (C=O) groups is 1. The largest absolute Gasteiger partial charge is 0.445 e. The molecule has 0 unspecified atom stereocenters. The van der Waals surface area contributed by atoms with Crippen LogP contribution in [0.4, 0.5) is 0 Å². The highest BCUT2D eigenvalue weighted by molar-refractivity contribution is 5.76. The smallest absolute Gasteiger partial charge is 0.244 e. The Morgan fingerprint density at radius 1 is 1.25 bits per heavy atom. The zero-order chi connectivity index (χ0) is 19.5. The number of aromatic nitrogens is 3. The Morgan fingerprint density at radius 3 is 2.82 bits per heavy atom. The predicted octanol–water partition coefficient (Wildman–Crippen LogP) is 3.48. The van der Waals surface area contributed by atoms with Gasteiger partial charge in [-0.3, -0.25) is 9.48 Å². The molecule has 1 atom stereocenters. The molecule has 0 spiro atoms. The molecule has 28 heavy (non-hydrogen) atoms. The summed E-state index contributed by atoms with van der Waals surface area (Å²) < 4.78 is 7.81. The molecule has 3 heterocycles. The number of rotatable bonds is 5. The summed E-state index contributed by atoms with van der Waals surface area (Å²) in [5, 5.41) is 4.40. The molecule has 0 aliphatic carbocycles. The highest BCUT2D eigenvalue weighted by Crippen LogP contribution is 2.27. The normalized spacial score (nSPS) is 17.1. The summed E-state index contributed by atoms with van der Waals surface area (Å²) in [7, 11) is 0. The van der Waals surface area contributed by atoms with Crippen LogP contribution in [0.5, 0.6) is 0 Å². The van der Waals surface area contributed by atoms with Crippen LogP contribution in [-0.4, -0.2) is 38.7 Å². The van der Waals surface area contributed by atoms with Crippen molar-refractivity contribution in [2.45, 2.75) is 45.6 Å². The van der Waals surface area contributed by atoms with Gasteiger partial charge in [-0.05, 0) is 38.3 Å². The Morgan fingerprint density at radius 2 is 2.07 bits per heavy atom. The second-order valence-electron chi connectivity index (χ2n) is 7.59. The summed E-state index contributed by atoms with van der Waals surface area (Å²) in [4.78, 5) is 19.2. The molecular weight excluding hydrogens is 352 g/mol. The first kappa shape index (κ1) is 18.5. The fourth-order valence-electron chi connectivity index (χ4n) is 3.86. The number of amides is 1. The van der Waals surface area contributed by atoms with Crippen molar-refractivity contribution in [3.8, 4) is 0 Å². The van der Waals surface area contributed by atoms with Gasteiger partial charge in [-0.2, -0.15) is 5.10 Å². The van der Waals surface area contributed by atoms with E-state index in [1.807, 2.05) is 49.2 Å². The molecule has 1 fully saturated rings. The Balaban J connectivity index is 1.39. The fourth-order valence-corrected chi connectivity index (χ4v) is 3.86. The van der Waals surface area contributed by atoms with Crippen LogP contribution in [0.2, 0.25) is 0 Å². The minimum Gasteiger partial charge on any atom is -0.445 e. The van der Waals surface area contributed by atoms with Crippen LogP contribution in [0.25, 0.3) is 0 Å². The van der Waals surface area contributed by atoms with Crippen LogP contribution < -0.4 is 0 Å². The molecule has 4 rings (SSSR count). The van der Waals surface area contributed by atoms with Gasteiger partial charge in [0.1, 0.15) is 12.3 Å². The van der Waals surface area contributed by atoms with E-state index in [9.17, 15) is 4.79 Å². The van der Waals surface area contributed by atoms with Crippen molar-refractivity contribution < 1.29 is 9.21 Å². The first-order valence-corrected chi connectivity index (χ1v) is 9.86. The Hall–Kier alpha value is -2.89. The molecule has 0 bridgehead atoms. The molecule has 6 nitrogen and oxygen atoms in total. The molecule has 6 heteroatoms. The number of benzene rings is 1. The van der Waals surface area contributed by atoms with Gasteiger partial charge < -0.3 is 9.32 Å². The molecule has 0 saturated carbocycles. The third kappa shape index (κ3) is 4.16. The van der Waals surface area contributed by atoms with E-state index in [0.29, 0.717) is 6.54 Å². The zero-order valence-corrected chi connectivity index (χ0v) is 16.5. The zero-order valence-electron chi connectivity index (χ0n) is 16.5. The van der Waals surface area contributed by atoms with Gasteiger partial charge in [0.25, 0.3) is 0 Å². The van der Waals surface area contributed by atoms with Gasteiger partial charge in [0.2, 0.25) is 5.91 Å². The first-order valence-electron chi connectivity index (χ1n) is 9.86. The Labute approximate surface area is 165 Å². The van der Waals surface area contributed by atoms with Crippen LogP contribution in [0.15, 0.2) is 47.0 Å². The lowest BCUT2D eigenvalue weighted by Crippen LogP contribution is -2.41. The number of piperidine rings is 1. The lowest BCUT2D eigenvalue weighted by atomic mass is 9.98. The van der Waals surface area contributed by atoms with Crippen molar-refractivity contribution in [1.82, 2.24) is 19.7 Å². The van der Waals surface area contributed by atoms with Gasteiger partial charge in [-0.1, -0.05) is 30.3 Å². The standard InChI is InChI=1S/C22H26N4O2/c1-16-11-17(2)26(24-16)15-21(27)25-10-6-9-19(14-25)22-23-13-20(28-22)12-18-7-4-3-5-8-18/h3-5,7-8,11,13,19H,6,9-10,12,14-15H2,1-2H3/t19-/m1/s1. The van der Waals surface area contributed by atoms with E-state index in [-0.39, 0.29) is 18.4 Å². The van der Waals surface area contributed by atoms with Crippen LogP contribution in [0.3, 0.4) is 0 Å². The number of hydrogen-bond acceptors (Lipinski definition) is 4. The van der Waals surface area contributed by atoms with E-state index in [1.165, 1.54) is 5.56 Å². The van der Waals surface area contributed by atoms with Gasteiger partial charge in [0.15, 0.2) is 5.89 Å². The summed E-state index contributed by atoms with van der Waals surface area (Å²) in [6.45, 7) is 5.65. The van der Waals surface area contributed by atoms with E-state index in [4.69, 9.17) is 4.42 Å². The van der Waals surface area contributed by atoms with Gasteiger partial charge in [0.05, 0.1) is 17.8 Å². The average Bonchev–Trinajstić information content (AvgIpc) is 3.29. The maximum absolute atomic E-state index is 12.8. The molecule has 0 radical (unpaired) electrons. The van der Waals surface area contributed by atoms with E-state index >= 15 is 0 Å². The van der Waals surface area contributed by atoms with Crippen molar-refractivity contribution in [2.75, 3.05) is 13.1 Å². The molecule has 1 aliphatic heterocycles. The highest BCUT2D eigenvalue weighted by atomic mass is 16.4. The number of nitrogens with zero attached hydrogens (tertiary/aromatic N) is 4. The molecule has 1 amide bonds. The van der Waals surface area contributed by atoms with Gasteiger partial charge >= 0.3 is 0 Å². The number of carbonyl (C=O) groups excluding carboxylic acids is 1. The van der Waals surface area contributed by atoms with Crippen LogP contribution in [-0.2, 0) is 17.8 Å². The summed E-state index contributed by atoms with van der Waals surface area (Å²) in [6, 6.07) is 12.2. The summed E-state index contributed by atoms with van der Waals surface area (Å²) >= 11 is 0. The summed E-state index contributed by atoms with van der Waals surface area (Å²) in [6.07, 6.45) is 4.51. The number of oxazole rings is 1. The van der Waals surface area contributed by atoms with E-state index < -0.39 is 0 Å². The van der Waals surface area contributed by atoms with Gasteiger partial charge in [0, 0.05) is 25.2 Å². The van der Waals surface area contributed by atoms with E-state index in [1.54, 1.807) is 4.68 Å². The van der Waals surface area contributed by atoms with Gasteiger partial charge in [-0.25, -0.2) is 4.98 Å². The second kappa shape index (κ2) is 8.00. The van der Waals surface area contributed by atoms with Crippen LogP contribution in [0.1, 0.15) is 47.4 Å². The third-order valence-corrected chi connectivity index (χ3v) is 5.30. The minimum absolute atomic E-state index is 0.104. The maximum atomic E-state index is 12.8. The predicted molar refractivity (Wildman–Crippen MR) is 106 cm³/mol. The van der Waals surface area contributed by atoms with Crippen molar-refractivity contribution in [3.05, 3.63) is 71.2 Å². The topological polar surface area (TPSA) is 64.2 Å². The quantitative estimate of drug-likeness (QED) is 0.682. The first-order chi connectivity index (χ1) is 13.6. The summed E-state index contributed by atoms with van der Waals surface area (Å²) in [5.74, 6) is 1.87. The third-order valence-electron chi connectivity index (χ3n) is 5.30. The SMILES string of the molecule is Cc1cc(C)n(CC(=O)N2CCC[C@@H](c3ncc(Cc4ccccc4)o3)C2)n1. The number of likely N-dealkylation sites (tertiary alicyclic amines) is 1. The maximum Gasteiger partial charge on any atom is 0.244 e. The molecule has 1 aromatic carbocycles. The number of hydrogen-bond donors (Lipinski definition) is 0. The average molecular weight is 378 g/mol. The molecule has 3 aromatic rings. The van der Waals surface area contributed by atoms with Crippen LogP contribution >= 0.6 is 0 Å². The van der Waals surface area contributed by atoms with Crippen molar-refractivity contribution in [1.29, 1.82) is 0 Å². The van der Waals surface area contributed by atoms with Crippen molar-refractivity contribution in [2.24, 2.45) is 0 Å². The molecule has 146 valence electrons. The Bertz CT molecular complexity index is 945.